The van der Waals surface area contributed by atoms with Crippen molar-refractivity contribution in [2.24, 2.45) is 5.92 Å². The minimum absolute atomic E-state index is 0.0535. The number of carbonyl (C=O) groups is 2. The number of para-hydroxylation sites is 1. The van der Waals surface area contributed by atoms with E-state index in [1.165, 1.54) is 5.56 Å². The van der Waals surface area contributed by atoms with Crippen LogP contribution in [-0.2, 0) is 26.0 Å². The van der Waals surface area contributed by atoms with Crippen molar-refractivity contribution < 1.29 is 26.8 Å². The van der Waals surface area contributed by atoms with Gasteiger partial charge < -0.3 is 4.90 Å². The van der Waals surface area contributed by atoms with E-state index in [0.717, 1.165) is 41.5 Å². The molecule has 34 heavy (non-hydrogen) atoms. The summed E-state index contributed by atoms with van der Waals surface area (Å²) in [6, 6.07) is 10.4. The lowest BCUT2D eigenvalue weighted by atomic mass is 9.98. The molecule has 2 amide bonds. The summed E-state index contributed by atoms with van der Waals surface area (Å²) in [5, 5.41) is 0. The van der Waals surface area contributed by atoms with Crippen LogP contribution in [0.3, 0.4) is 0 Å². The molecule has 2 N–H and O–H groups in total. The third-order valence-corrected chi connectivity index (χ3v) is 8.11. The van der Waals surface area contributed by atoms with Gasteiger partial charge in [-0.25, -0.2) is 17.2 Å². The number of hydrogen-bond acceptors (Lipinski definition) is 5. The maximum atomic E-state index is 13.5. The van der Waals surface area contributed by atoms with Gasteiger partial charge in [0.2, 0.25) is 15.9 Å². The lowest BCUT2D eigenvalue weighted by Gasteiger charge is -2.31. The Hall–Kier alpha value is -3.05. The Morgan fingerprint density at radius 2 is 1.71 bits per heavy atom. The highest BCUT2D eigenvalue weighted by Gasteiger charge is 2.32. The van der Waals surface area contributed by atoms with Crippen LogP contribution in [0.25, 0.3) is 0 Å². The molecule has 0 bridgehead atoms. The van der Waals surface area contributed by atoms with Crippen LogP contribution < -0.4 is 15.8 Å². The molecule has 2 aliphatic rings. The molecular formula is C23H26F2N4O4S. The first-order chi connectivity index (χ1) is 16.3. The fraction of sp³-hybridized carbons (Fsp3) is 0.391. The van der Waals surface area contributed by atoms with Crippen LogP contribution in [0.1, 0.15) is 24.8 Å². The van der Waals surface area contributed by atoms with Crippen molar-refractivity contribution in [2.45, 2.75) is 30.6 Å². The summed E-state index contributed by atoms with van der Waals surface area (Å²) >= 11 is 0. The van der Waals surface area contributed by atoms with Crippen LogP contribution in [0.5, 0.6) is 0 Å². The number of sulfonamides is 1. The predicted octanol–water partition coefficient (Wildman–Crippen LogP) is 1.97. The van der Waals surface area contributed by atoms with Crippen molar-refractivity contribution in [3.8, 4) is 0 Å². The maximum absolute atomic E-state index is 13.5. The molecule has 0 atom stereocenters. The molecule has 1 saturated heterocycles. The standard InChI is InChI=1S/C23H26F2N4O4S/c24-19-8-7-18(14-20(19)25)34(32,33)29-12-9-17(10-13-29)23(31)27-26-22(30)15-28-11-3-5-16-4-1-2-6-21(16)28/h1-2,4,6-8,14,17H,3,5,9-13,15H2,(H,26,30)(H,27,31). The second-order valence-electron chi connectivity index (χ2n) is 8.45. The van der Waals surface area contributed by atoms with E-state index in [1.807, 2.05) is 29.2 Å². The molecule has 0 unspecified atom stereocenters. The summed E-state index contributed by atoms with van der Waals surface area (Å²) in [6.07, 6.45) is 2.40. The molecule has 8 nitrogen and oxygen atoms in total. The number of fused-ring (bicyclic) bond motifs is 1. The van der Waals surface area contributed by atoms with E-state index in [2.05, 4.69) is 10.9 Å². The Morgan fingerprint density at radius 3 is 2.44 bits per heavy atom. The van der Waals surface area contributed by atoms with Crippen molar-refractivity contribution in [3.05, 3.63) is 59.7 Å². The number of amides is 2. The lowest BCUT2D eigenvalue weighted by molar-refractivity contribution is -0.131. The average Bonchev–Trinajstić information content (AvgIpc) is 2.84. The number of rotatable bonds is 5. The number of carbonyl (C=O) groups excluding carboxylic acids is 2. The lowest BCUT2D eigenvalue weighted by Crippen LogP contribution is -2.50. The van der Waals surface area contributed by atoms with Crippen molar-refractivity contribution in [1.29, 1.82) is 0 Å². The normalized spacial score (nSPS) is 17.2. The fourth-order valence-corrected chi connectivity index (χ4v) is 5.85. The van der Waals surface area contributed by atoms with Crippen LogP contribution in [-0.4, -0.2) is 50.7 Å². The minimum atomic E-state index is -4.00. The van der Waals surface area contributed by atoms with E-state index in [9.17, 15) is 26.8 Å². The molecule has 0 aliphatic carbocycles. The zero-order chi connectivity index (χ0) is 24.3. The highest BCUT2D eigenvalue weighted by Crippen LogP contribution is 2.27. The average molecular weight is 493 g/mol. The monoisotopic (exact) mass is 492 g/mol. The van der Waals surface area contributed by atoms with Crippen molar-refractivity contribution >= 4 is 27.5 Å². The number of benzene rings is 2. The molecule has 2 aliphatic heterocycles. The number of nitrogens with one attached hydrogen (secondary N) is 2. The van der Waals surface area contributed by atoms with E-state index in [4.69, 9.17) is 0 Å². The van der Waals surface area contributed by atoms with Crippen molar-refractivity contribution in [3.63, 3.8) is 0 Å². The van der Waals surface area contributed by atoms with Crippen LogP contribution in [0.15, 0.2) is 47.4 Å². The number of hydrazine groups is 1. The summed E-state index contributed by atoms with van der Waals surface area (Å²) < 4.78 is 53.1. The first-order valence-corrected chi connectivity index (χ1v) is 12.6. The maximum Gasteiger partial charge on any atom is 0.257 e. The number of halogens is 2. The van der Waals surface area contributed by atoms with E-state index in [-0.39, 0.29) is 43.3 Å². The number of aryl methyl sites for hydroxylation is 1. The van der Waals surface area contributed by atoms with E-state index >= 15 is 0 Å². The summed E-state index contributed by atoms with van der Waals surface area (Å²) in [5.74, 6) is -3.58. The Balaban J connectivity index is 1.26. The molecule has 0 spiro atoms. The Kier molecular flexibility index (Phi) is 7.13. The van der Waals surface area contributed by atoms with Crippen LogP contribution in [0.4, 0.5) is 14.5 Å². The Bertz CT molecular complexity index is 1180. The van der Waals surface area contributed by atoms with Gasteiger partial charge in [0, 0.05) is 31.2 Å². The quantitative estimate of drug-likeness (QED) is 0.622. The first-order valence-electron chi connectivity index (χ1n) is 11.1. The predicted molar refractivity (Wildman–Crippen MR) is 121 cm³/mol. The van der Waals surface area contributed by atoms with Gasteiger partial charge in [0.25, 0.3) is 5.91 Å². The first kappa shape index (κ1) is 24.1. The summed E-state index contributed by atoms with van der Waals surface area (Å²) in [4.78, 5) is 26.5. The van der Waals surface area contributed by atoms with Crippen LogP contribution in [0.2, 0.25) is 0 Å². The van der Waals surface area contributed by atoms with Gasteiger partial charge >= 0.3 is 0 Å². The summed E-state index contributed by atoms with van der Waals surface area (Å²) in [7, 11) is -4.00. The molecule has 182 valence electrons. The van der Waals surface area contributed by atoms with Crippen molar-refractivity contribution in [2.75, 3.05) is 31.1 Å². The molecule has 2 aromatic carbocycles. The largest absolute Gasteiger partial charge is 0.362 e. The van der Waals surface area contributed by atoms with Gasteiger partial charge in [0.1, 0.15) is 0 Å². The molecule has 1 fully saturated rings. The summed E-state index contributed by atoms with van der Waals surface area (Å²) in [5.41, 5.74) is 7.10. The van der Waals surface area contributed by atoms with Crippen molar-refractivity contribution in [1.82, 2.24) is 15.2 Å². The molecule has 0 radical (unpaired) electrons. The second kappa shape index (κ2) is 10.1. The SMILES string of the molecule is O=C(CN1CCCc2ccccc21)NNC(=O)C1CCN(S(=O)(=O)c2ccc(F)c(F)c2)CC1. The Morgan fingerprint density at radius 1 is 0.971 bits per heavy atom. The molecule has 4 rings (SSSR count). The van der Waals surface area contributed by atoms with E-state index < -0.39 is 33.5 Å². The number of piperidine rings is 1. The van der Waals surface area contributed by atoms with Gasteiger partial charge in [-0.05, 0) is 55.5 Å². The van der Waals surface area contributed by atoms with E-state index in [1.54, 1.807) is 0 Å². The van der Waals surface area contributed by atoms with Gasteiger partial charge in [0.05, 0.1) is 11.4 Å². The smallest absolute Gasteiger partial charge is 0.257 e. The topological polar surface area (TPSA) is 98.8 Å². The third-order valence-electron chi connectivity index (χ3n) is 6.22. The van der Waals surface area contributed by atoms with Gasteiger partial charge in [-0.3, -0.25) is 20.4 Å². The molecule has 11 heteroatoms. The third kappa shape index (κ3) is 5.20. The summed E-state index contributed by atoms with van der Waals surface area (Å²) in [6.45, 7) is 0.974. The number of anilines is 1. The van der Waals surface area contributed by atoms with Gasteiger partial charge in [-0.2, -0.15) is 4.31 Å². The number of nitrogens with zero attached hydrogens (tertiary/aromatic N) is 2. The Labute approximate surface area is 196 Å². The second-order valence-corrected chi connectivity index (χ2v) is 10.4. The molecule has 0 saturated carbocycles. The molecule has 2 heterocycles. The zero-order valence-corrected chi connectivity index (χ0v) is 19.3. The fourth-order valence-electron chi connectivity index (χ4n) is 4.37. The molecule has 0 aromatic heterocycles. The van der Waals surface area contributed by atoms with Gasteiger partial charge in [0.15, 0.2) is 11.6 Å². The van der Waals surface area contributed by atoms with Crippen LogP contribution in [0, 0.1) is 17.6 Å². The highest BCUT2D eigenvalue weighted by molar-refractivity contribution is 7.89. The minimum Gasteiger partial charge on any atom is -0.362 e. The van der Waals surface area contributed by atoms with Gasteiger partial charge in [-0.15, -0.1) is 0 Å². The zero-order valence-electron chi connectivity index (χ0n) is 18.5. The molecular weight excluding hydrogens is 466 g/mol. The van der Waals surface area contributed by atoms with Crippen LogP contribution >= 0.6 is 0 Å². The molecule has 2 aromatic rings. The van der Waals surface area contributed by atoms with Gasteiger partial charge in [-0.1, -0.05) is 18.2 Å². The number of hydrogen-bond donors (Lipinski definition) is 2. The van der Waals surface area contributed by atoms with E-state index in [0.29, 0.717) is 6.07 Å². The highest BCUT2D eigenvalue weighted by atomic mass is 32.2.